The molecule has 0 unspecified atom stereocenters. The van der Waals surface area contributed by atoms with Crippen LogP contribution in [0, 0.1) is 0 Å². The van der Waals surface area contributed by atoms with E-state index in [1.54, 1.807) is 40.9 Å². The number of nitrogens with one attached hydrogen (secondary N) is 2. The summed E-state index contributed by atoms with van der Waals surface area (Å²) in [6, 6.07) is 22.5. The molecule has 0 radical (unpaired) electrons. The fourth-order valence-corrected chi connectivity index (χ4v) is 4.52. The number of hydrogen-bond donors (Lipinski definition) is 2. The van der Waals surface area contributed by atoms with Crippen molar-refractivity contribution in [1.29, 1.82) is 0 Å². The van der Waals surface area contributed by atoms with E-state index in [-0.39, 0.29) is 11.8 Å². The second kappa shape index (κ2) is 10.4. The van der Waals surface area contributed by atoms with Gasteiger partial charge in [-0.15, -0.1) is 0 Å². The molecule has 0 bridgehead atoms. The standard InChI is InChI=1S/C26H26N4O2S/c1-3-30(4-2)25(32)18-11-9-12-20(16-18)27-24(31)21-13-6-5-10-19(21)17-33-26-28-22-14-7-8-15-23(22)29-26/h5-16H,3-4,17H2,1-2H3,(H,27,31)(H,28,29). The van der Waals surface area contributed by atoms with E-state index >= 15 is 0 Å². The van der Waals surface area contributed by atoms with Crippen LogP contribution in [0.3, 0.4) is 0 Å². The van der Waals surface area contributed by atoms with Crippen LogP contribution in [0.1, 0.15) is 40.1 Å². The zero-order chi connectivity index (χ0) is 23.2. The summed E-state index contributed by atoms with van der Waals surface area (Å²) in [5.74, 6) is 0.353. The van der Waals surface area contributed by atoms with E-state index in [0.29, 0.717) is 35.7 Å². The molecule has 2 N–H and O–H groups in total. The largest absolute Gasteiger partial charge is 0.339 e. The Morgan fingerprint density at radius 2 is 1.73 bits per heavy atom. The summed E-state index contributed by atoms with van der Waals surface area (Å²) >= 11 is 1.55. The van der Waals surface area contributed by atoms with Crippen LogP contribution in [-0.4, -0.2) is 39.8 Å². The van der Waals surface area contributed by atoms with Crippen molar-refractivity contribution in [3.05, 3.63) is 89.5 Å². The van der Waals surface area contributed by atoms with Crippen molar-refractivity contribution in [2.75, 3.05) is 18.4 Å². The first kappa shape index (κ1) is 22.6. The molecule has 1 aromatic heterocycles. The Bertz CT molecular complexity index is 1250. The average molecular weight is 459 g/mol. The number of aromatic amines is 1. The van der Waals surface area contributed by atoms with Gasteiger partial charge in [0.25, 0.3) is 11.8 Å². The van der Waals surface area contributed by atoms with E-state index in [1.165, 1.54) is 0 Å². The SMILES string of the molecule is CCN(CC)C(=O)c1cccc(NC(=O)c2ccccc2CSc2nc3ccccc3[nH]2)c1. The lowest BCUT2D eigenvalue weighted by molar-refractivity contribution is 0.0772. The number of fused-ring (bicyclic) bond motifs is 1. The number of H-pyrrole nitrogens is 1. The van der Waals surface area contributed by atoms with E-state index in [4.69, 9.17) is 0 Å². The first-order valence-electron chi connectivity index (χ1n) is 10.9. The van der Waals surface area contributed by atoms with Gasteiger partial charge in [0, 0.05) is 35.7 Å². The summed E-state index contributed by atoms with van der Waals surface area (Å²) in [5.41, 5.74) is 4.58. The number of carbonyl (C=O) groups is 2. The van der Waals surface area contributed by atoms with Crippen LogP contribution in [-0.2, 0) is 5.75 Å². The third kappa shape index (κ3) is 5.26. The van der Waals surface area contributed by atoms with Crippen molar-refractivity contribution >= 4 is 40.3 Å². The predicted octanol–water partition coefficient (Wildman–Crippen LogP) is 5.59. The Morgan fingerprint density at radius 3 is 2.52 bits per heavy atom. The summed E-state index contributed by atoms with van der Waals surface area (Å²) in [7, 11) is 0. The van der Waals surface area contributed by atoms with Crippen LogP contribution in [0.4, 0.5) is 5.69 Å². The monoisotopic (exact) mass is 458 g/mol. The van der Waals surface area contributed by atoms with Crippen molar-refractivity contribution in [1.82, 2.24) is 14.9 Å². The van der Waals surface area contributed by atoms with E-state index in [0.717, 1.165) is 21.8 Å². The van der Waals surface area contributed by atoms with Gasteiger partial charge in [0.05, 0.1) is 11.0 Å². The van der Waals surface area contributed by atoms with Crippen LogP contribution < -0.4 is 5.32 Å². The van der Waals surface area contributed by atoms with Crippen LogP contribution in [0.5, 0.6) is 0 Å². The molecule has 6 nitrogen and oxygen atoms in total. The average Bonchev–Trinajstić information content (AvgIpc) is 3.27. The summed E-state index contributed by atoms with van der Waals surface area (Å²) in [6.45, 7) is 5.19. The van der Waals surface area contributed by atoms with Gasteiger partial charge in [-0.25, -0.2) is 4.98 Å². The van der Waals surface area contributed by atoms with Gasteiger partial charge in [0.1, 0.15) is 0 Å². The van der Waals surface area contributed by atoms with Gasteiger partial charge in [0.2, 0.25) is 0 Å². The molecule has 7 heteroatoms. The molecule has 0 fully saturated rings. The number of benzene rings is 3. The Balaban J connectivity index is 1.48. The van der Waals surface area contributed by atoms with E-state index in [9.17, 15) is 9.59 Å². The number of thioether (sulfide) groups is 1. The smallest absolute Gasteiger partial charge is 0.255 e. The van der Waals surface area contributed by atoms with E-state index in [2.05, 4.69) is 15.3 Å². The highest BCUT2D eigenvalue weighted by molar-refractivity contribution is 7.98. The number of nitrogens with zero attached hydrogens (tertiary/aromatic N) is 2. The van der Waals surface area contributed by atoms with Gasteiger partial charge in [-0.05, 0) is 55.8 Å². The minimum Gasteiger partial charge on any atom is -0.339 e. The van der Waals surface area contributed by atoms with Crippen LogP contribution in [0.15, 0.2) is 78.0 Å². The molecule has 33 heavy (non-hydrogen) atoms. The van der Waals surface area contributed by atoms with E-state index < -0.39 is 0 Å². The molecule has 2 amide bonds. The number of hydrogen-bond acceptors (Lipinski definition) is 4. The molecule has 168 valence electrons. The topological polar surface area (TPSA) is 78.1 Å². The molecule has 0 saturated heterocycles. The maximum atomic E-state index is 13.1. The van der Waals surface area contributed by atoms with Gasteiger partial charge < -0.3 is 15.2 Å². The first-order valence-corrected chi connectivity index (χ1v) is 11.9. The number of rotatable bonds is 8. The number of imidazole rings is 1. The van der Waals surface area contributed by atoms with Gasteiger partial charge in [-0.3, -0.25) is 9.59 Å². The Kier molecular flexibility index (Phi) is 7.10. The fourth-order valence-electron chi connectivity index (χ4n) is 3.63. The van der Waals surface area contributed by atoms with Gasteiger partial charge >= 0.3 is 0 Å². The number of aromatic nitrogens is 2. The summed E-state index contributed by atoms with van der Waals surface area (Å²) in [4.78, 5) is 35.4. The molecular formula is C26H26N4O2S. The summed E-state index contributed by atoms with van der Waals surface area (Å²) in [5, 5.41) is 3.76. The lowest BCUT2D eigenvalue weighted by atomic mass is 10.1. The molecule has 4 aromatic rings. The number of amides is 2. The third-order valence-electron chi connectivity index (χ3n) is 5.41. The molecule has 3 aromatic carbocycles. The van der Waals surface area contributed by atoms with Crippen molar-refractivity contribution in [3.63, 3.8) is 0 Å². The highest BCUT2D eigenvalue weighted by Gasteiger charge is 2.15. The van der Waals surface area contributed by atoms with Crippen molar-refractivity contribution < 1.29 is 9.59 Å². The Hall–Kier alpha value is -3.58. The van der Waals surface area contributed by atoms with Crippen molar-refractivity contribution in [3.8, 4) is 0 Å². The molecule has 0 aliphatic carbocycles. The second-order valence-electron chi connectivity index (χ2n) is 7.52. The molecule has 0 saturated carbocycles. The van der Waals surface area contributed by atoms with Gasteiger partial charge in [-0.2, -0.15) is 0 Å². The zero-order valence-corrected chi connectivity index (χ0v) is 19.5. The highest BCUT2D eigenvalue weighted by Crippen LogP contribution is 2.25. The first-order chi connectivity index (χ1) is 16.1. The number of carbonyl (C=O) groups excluding carboxylic acids is 2. The molecule has 0 aliphatic rings. The molecule has 1 heterocycles. The molecule has 0 spiro atoms. The Morgan fingerprint density at radius 1 is 0.970 bits per heavy atom. The minimum absolute atomic E-state index is 0.0428. The molecule has 4 rings (SSSR count). The highest BCUT2D eigenvalue weighted by atomic mass is 32.2. The lowest BCUT2D eigenvalue weighted by Crippen LogP contribution is -2.30. The normalized spacial score (nSPS) is 10.8. The fraction of sp³-hybridized carbons (Fsp3) is 0.192. The van der Waals surface area contributed by atoms with Crippen LogP contribution in [0.25, 0.3) is 11.0 Å². The van der Waals surface area contributed by atoms with Gasteiger partial charge in [0.15, 0.2) is 5.16 Å². The number of para-hydroxylation sites is 2. The van der Waals surface area contributed by atoms with Gasteiger partial charge in [-0.1, -0.05) is 48.2 Å². The second-order valence-corrected chi connectivity index (χ2v) is 8.48. The van der Waals surface area contributed by atoms with E-state index in [1.807, 2.05) is 62.4 Å². The van der Waals surface area contributed by atoms with Crippen LogP contribution in [0.2, 0.25) is 0 Å². The number of anilines is 1. The molecule has 0 aliphatic heterocycles. The maximum Gasteiger partial charge on any atom is 0.255 e. The third-order valence-corrected chi connectivity index (χ3v) is 6.33. The predicted molar refractivity (Wildman–Crippen MR) is 134 cm³/mol. The molecule has 0 atom stereocenters. The lowest BCUT2D eigenvalue weighted by Gasteiger charge is -2.19. The quantitative estimate of drug-likeness (QED) is 0.338. The van der Waals surface area contributed by atoms with Crippen molar-refractivity contribution in [2.45, 2.75) is 24.8 Å². The summed E-state index contributed by atoms with van der Waals surface area (Å²) in [6.07, 6.45) is 0. The summed E-state index contributed by atoms with van der Waals surface area (Å²) < 4.78 is 0. The molecular weight excluding hydrogens is 432 g/mol. The maximum absolute atomic E-state index is 13.1. The van der Waals surface area contributed by atoms with Crippen molar-refractivity contribution in [2.24, 2.45) is 0 Å². The van der Waals surface area contributed by atoms with Crippen LogP contribution >= 0.6 is 11.8 Å². The minimum atomic E-state index is -0.205. The Labute approximate surface area is 197 Å². The zero-order valence-electron chi connectivity index (χ0n) is 18.7.